The van der Waals surface area contributed by atoms with Crippen molar-refractivity contribution in [3.63, 3.8) is 0 Å². The normalized spacial score (nSPS) is 13.2. The number of nitrogens with one attached hydrogen (secondary N) is 1. The Bertz CT molecular complexity index is 503. The van der Waals surface area contributed by atoms with Crippen molar-refractivity contribution in [2.75, 3.05) is 6.54 Å². The molecule has 124 valence electrons. The van der Waals surface area contributed by atoms with E-state index in [2.05, 4.69) is 5.32 Å². The molecule has 0 bridgehead atoms. The monoisotopic (exact) mass is 346 g/mol. The first-order chi connectivity index (χ1) is 9.78. The maximum atomic E-state index is 12.0. The summed E-state index contributed by atoms with van der Waals surface area (Å²) in [5, 5.41) is 3.50. The lowest BCUT2D eigenvalue weighted by molar-refractivity contribution is -0.123. The van der Waals surface area contributed by atoms with Crippen molar-refractivity contribution in [2.24, 2.45) is 11.7 Å². The van der Waals surface area contributed by atoms with Crippen LogP contribution in [0.25, 0.3) is 0 Å². The van der Waals surface area contributed by atoms with Crippen LogP contribution in [0.3, 0.4) is 0 Å². The van der Waals surface area contributed by atoms with Crippen LogP contribution in [0.4, 0.5) is 0 Å². The third-order valence-corrected chi connectivity index (χ3v) is 4.12. The van der Waals surface area contributed by atoms with E-state index in [1.807, 2.05) is 20.8 Å². The van der Waals surface area contributed by atoms with E-state index in [1.165, 1.54) is 0 Å². The van der Waals surface area contributed by atoms with Crippen molar-refractivity contribution in [3.05, 3.63) is 34.9 Å². The Labute approximate surface area is 143 Å². The molecule has 0 saturated carbocycles. The molecule has 0 heterocycles. The molecule has 0 saturated heterocycles. The zero-order valence-electron chi connectivity index (χ0n) is 13.2. The van der Waals surface area contributed by atoms with Gasteiger partial charge in [-0.2, -0.15) is 0 Å². The molecule has 0 spiro atoms. The van der Waals surface area contributed by atoms with E-state index in [0.717, 1.165) is 0 Å². The van der Waals surface area contributed by atoms with E-state index >= 15 is 0 Å². The van der Waals surface area contributed by atoms with Crippen LogP contribution in [0.2, 0.25) is 5.02 Å². The standard InChI is InChI=1S/C16H23ClN2O2.ClH/c1-11(2)16(3,10-18)19-15(21)9-8-14(20)12-4-6-13(17)7-5-12;/h4-7,11H,8-10,18H2,1-3H3,(H,19,21);1H. The molecular formula is C16H24Cl2N2O2. The van der Waals surface area contributed by atoms with Gasteiger partial charge in [-0.1, -0.05) is 25.4 Å². The Morgan fingerprint density at radius 2 is 1.77 bits per heavy atom. The van der Waals surface area contributed by atoms with Gasteiger partial charge in [-0.05, 0) is 37.1 Å². The van der Waals surface area contributed by atoms with Crippen LogP contribution >= 0.6 is 24.0 Å². The first kappa shape index (κ1) is 20.9. The molecule has 1 atom stereocenters. The van der Waals surface area contributed by atoms with Crippen LogP contribution in [0, 0.1) is 5.92 Å². The molecule has 1 aromatic carbocycles. The molecular weight excluding hydrogens is 323 g/mol. The molecule has 6 heteroatoms. The highest BCUT2D eigenvalue weighted by atomic mass is 35.5. The summed E-state index contributed by atoms with van der Waals surface area (Å²) < 4.78 is 0. The van der Waals surface area contributed by atoms with Crippen LogP contribution in [-0.2, 0) is 4.79 Å². The Balaban J connectivity index is 0.00000441. The van der Waals surface area contributed by atoms with Crippen molar-refractivity contribution in [3.8, 4) is 0 Å². The number of amides is 1. The summed E-state index contributed by atoms with van der Waals surface area (Å²) in [6.45, 7) is 6.29. The van der Waals surface area contributed by atoms with Gasteiger partial charge in [-0.25, -0.2) is 0 Å². The summed E-state index contributed by atoms with van der Waals surface area (Å²) in [6, 6.07) is 6.67. The number of hydrogen-bond acceptors (Lipinski definition) is 3. The minimum Gasteiger partial charge on any atom is -0.349 e. The topological polar surface area (TPSA) is 72.2 Å². The number of halogens is 2. The second-order valence-electron chi connectivity index (χ2n) is 5.75. The van der Waals surface area contributed by atoms with Gasteiger partial charge in [-0.15, -0.1) is 12.4 Å². The summed E-state index contributed by atoms with van der Waals surface area (Å²) in [7, 11) is 0. The summed E-state index contributed by atoms with van der Waals surface area (Å²) in [6.07, 6.45) is 0.329. The van der Waals surface area contributed by atoms with Gasteiger partial charge in [0.05, 0.1) is 5.54 Å². The van der Waals surface area contributed by atoms with Crippen molar-refractivity contribution in [1.82, 2.24) is 5.32 Å². The lowest BCUT2D eigenvalue weighted by Gasteiger charge is -2.33. The van der Waals surface area contributed by atoms with Gasteiger partial charge < -0.3 is 11.1 Å². The molecule has 0 radical (unpaired) electrons. The molecule has 0 aliphatic carbocycles. The highest BCUT2D eigenvalue weighted by Gasteiger charge is 2.28. The fraction of sp³-hybridized carbons (Fsp3) is 0.500. The number of rotatable bonds is 7. The smallest absolute Gasteiger partial charge is 0.220 e. The minimum absolute atomic E-state index is 0. The van der Waals surface area contributed by atoms with Crippen LogP contribution < -0.4 is 11.1 Å². The number of carbonyl (C=O) groups excluding carboxylic acids is 2. The van der Waals surface area contributed by atoms with Crippen LogP contribution in [0.5, 0.6) is 0 Å². The Hall–Kier alpha value is -1.10. The Morgan fingerprint density at radius 3 is 2.23 bits per heavy atom. The van der Waals surface area contributed by atoms with Gasteiger partial charge in [0.25, 0.3) is 0 Å². The first-order valence-corrected chi connectivity index (χ1v) is 7.46. The maximum Gasteiger partial charge on any atom is 0.220 e. The van der Waals surface area contributed by atoms with Crippen LogP contribution in [-0.4, -0.2) is 23.8 Å². The molecule has 22 heavy (non-hydrogen) atoms. The number of benzene rings is 1. The molecule has 0 aromatic heterocycles. The highest BCUT2D eigenvalue weighted by Crippen LogP contribution is 2.16. The second kappa shape index (κ2) is 9.13. The molecule has 1 aromatic rings. The van der Waals surface area contributed by atoms with Crippen molar-refractivity contribution in [1.29, 1.82) is 0 Å². The van der Waals surface area contributed by atoms with E-state index in [9.17, 15) is 9.59 Å². The zero-order valence-corrected chi connectivity index (χ0v) is 14.8. The van der Waals surface area contributed by atoms with Gasteiger partial charge in [0.15, 0.2) is 5.78 Å². The van der Waals surface area contributed by atoms with Gasteiger partial charge in [0.1, 0.15) is 0 Å². The highest BCUT2D eigenvalue weighted by molar-refractivity contribution is 6.30. The zero-order chi connectivity index (χ0) is 16.0. The molecule has 1 amide bonds. The van der Waals surface area contributed by atoms with Crippen molar-refractivity contribution in [2.45, 2.75) is 39.2 Å². The minimum atomic E-state index is -0.444. The first-order valence-electron chi connectivity index (χ1n) is 7.08. The van der Waals surface area contributed by atoms with E-state index in [1.54, 1.807) is 24.3 Å². The largest absolute Gasteiger partial charge is 0.349 e. The molecule has 0 aliphatic rings. The summed E-state index contributed by atoms with van der Waals surface area (Å²) in [5.41, 5.74) is 5.85. The number of nitrogens with two attached hydrogens (primary N) is 1. The van der Waals surface area contributed by atoms with Gasteiger partial charge in [0.2, 0.25) is 5.91 Å². The third-order valence-electron chi connectivity index (χ3n) is 3.87. The molecule has 1 rings (SSSR count). The van der Waals surface area contributed by atoms with Gasteiger partial charge in [-0.3, -0.25) is 9.59 Å². The molecule has 4 nitrogen and oxygen atoms in total. The summed E-state index contributed by atoms with van der Waals surface area (Å²) in [5.74, 6) is -0.00167. The third kappa shape index (κ3) is 5.95. The lowest BCUT2D eigenvalue weighted by atomic mass is 9.88. The molecule has 3 N–H and O–H groups in total. The average Bonchev–Trinajstić information content (AvgIpc) is 2.45. The lowest BCUT2D eigenvalue weighted by Crippen LogP contribution is -2.55. The van der Waals surface area contributed by atoms with Gasteiger partial charge >= 0.3 is 0 Å². The Morgan fingerprint density at radius 1 is 1.23 bits per heavy atom. The Kier molecular flexibility index (Phi) is 8.68. The van der Waals surface area contributed by atoms with E-state index in [4.69, 9.17) is 17.3 Å². The predicted molar refractivity (Wildman–Crippen MR) is 92.7 cm³/mol. The van der Waals surface area contributed by atoms with Gasteiger partial charge in [0, 0.05) is 30.0 Å². The van der Waals surface area contributed by atoms with E-state index in [0.29, 0.717) is 17.1 Å². The van der Waals surface area contributed by atoms with Crippen molar-refractivity contribution >= 4 is 35.7 Å². The molecule has 0 aliphatic heterocycles. The molecule has 1 unspecified atom stereocenters. The number of carbonyl (C=O) groups is 2. The summed E-state index contributed by atoms with van der Waals surface area (Å²) >= 11 is 5.77. The quantitative estimate of drug-likeness (QED) is 0.744. The van der Waals surface area contributed by atoms with Crippen LogP contribution in [0.15, 0.2) is 24.3 Å². The summed E-state index contributed by atoms with van der Waals surface area (Å²) in [4.78, 5) is 24.0. The fourth-order valence-corrected chi connectivity index (χ4v) is 1.95. The number of ketones is 1. The number of hydrogen-bond donors (Lipinski definition) is 2. The predicted octanol–water partition coefficient (Wildman–Crippen LogP) is 3.21. The average molecular weight is 347 g/mol. The number of Topliss-reactive ketones (excluding diaryl/α,β-unsaturated/α-hetero) is 1. The van der Waals surface area contributed by atoms with E-state index in [-0.39, 0.29) is 42.9 Å². The SMILES string of the molecule is CC(C)C(C)(CN)NC(=O)CCC(=O)c1ccc(Cl)cc1.Cl. The maximum absolute atomic E-state index is 12.0. The fourth-order valence-electron chi connectivity index (χ4n) is 1.82. The second-order valence-corrected chi connectivity index (χ2v) is 6.19. The molecule has 0 fully saturated rings. The van der Waals surface area contributed by atoms with Crippen molar-refractivity contribution < 1.29 is 9.59 Å². The van der Waals surface area contributed by atoms with E-state index < -0.39 is 5.54 Å². The van der Waals surface area contributed by atoms with Crippen LogP contribution in [0.1, 0.15) is 44.0 Å².